The fourth-order valence-electron chi connectivity index (χ4n) is 5.23. The topological polar surface area (TPSA) is 129 Å². The molecule has 2 aromatic rings. The van der Waals surface area contributed by atoms with Gasteiger partial charge in [0.15, 0.2) is 0 Å². The van der Waals surface area contributed by atoms with Gasteiger partial charge in [0.2, 0.25) is 5.91 Å². The fraction of sp³-hybridized carbons (Fsp3) is 0.429. The first-order chi connectivity index (χ1) is 17.9. The van der Waals surface area contributed by atoms with Crippen molar-refractivity contribution in [3.8, 4) is 0 Å². The van der Waals surface area contributed by atoms with Gasteiger partial charge in [0.05, 0.1) is 19.4 Å². The maximum absolute atomic E-state index is 13.1. The number of carbonyl (C=O) groups is 3. The summed E-state index contributed by atoms with van der Waals surface area (Å²) in [7, 11) is 1.33. The third-order valence-electron chi connectivity index (χ3n) is 7.28. The number of rotatable bonds is 9. The summed E-state index contributed by atoms with van der Waals surface area (Å²) >= 11 is 0. The van der Waals surface area contributed by atoms with Gasteiger partial charge in [-0.1, -0.05) is 42.5 Å². The first kappa shape index (κ1) is 29.0. The summed E-state index contributed by atoms with van der Waals surface area (Å²) in [6.07, 6.45) is 2.93. The Morgan fingerprint density at radius 3 is 2.63 bits per heavy atom. The molecule has 9 nitrogen and oxygen atoms in total. The van der Waals surface area contributed by atoms with E-state index < -0.39 is 11.9 Å². The molecule has 0 unspecified atom stereocenters. The Kier molecular flexibility index (Phi) is 10.1. The number of nitrogen functional groups attached to an aromatic ring is 1. The van der Waals surface area contributed by atoms with E-state index in [4.69, 9.17) is 15.9 Å². The second-order valence-corrected chi connectivity index (χ2v) is 9.74. The minimum atomic E-state index is -0.432. The lowest BCUT2D eigenvalue weighted by Crippen LogP contribution is -2.48. The summed E-state index contributed by atoms with van der Waals surface area (Å²) in [4.78, 5) is 41.6. The molecular weight excluding hydrogens is 506 g/mol. The van der Waals surface area contributed by atoms with Crippen molar-refractivity contribution in [3.63, 3.8) is 0 Å². The van der Waals surface area contributed by atoms with Crippen molar-refractivity contribution >= 4 is 36.2 Å². The van der Waals surface area contributed by atoms with Crippen LogP contribution in [-0.2, 0) is 33.7 Å². The molecule has 4 rings (SSSR count). The Bertz CT molecular complexity index is 1160. The summed E-state index contributed by atoms with van der Waals surface area (Å²) in [5.74, 6) is -0.882. The number of ether oxygens (including phenoxy) is 1. The third-order valence-corrected chi connectivity index (χ3v) is 7.28. The molecular formula is C28H36ClN5O4. The van der Waals surface area contributed by atoms with Gasteiger partial charge in [-0.15, -0.1) is 12.4 Å². The highest BCUT2D eigenvalue weighted by Crippen LogP contribution is 2.28. The number of methoxy groups -OCH3 is 1. The lowest BCUT2D eigenvalue weighted by molar-refractivity contribution is -0.144. The first-order valence-electron chi connectivity index (χ1n) is 12.8. The number of likely N-dealkylation sites (tertiary alicyclic amines) is 1. The van der Waals surface area contributed by atoms with Crippen molar-refractivity contribution in [2.75, 3.05) is 26.7 Å². The van der Waals surface area contributed by atoms with Crippen molar-refractivity contribution in [1.82, 2.24) is 15.1 Å². The number of nitrogens with one attached hydrogen (secondary N) is 2. The van der Waals surface area contributed by atoms with Gasteiger partial charge in [0, 0.05) is 37.8 Å². The molecule has 2 aromatic carbocycles. The highest BCUT2D eigenvalue weighted by atomic mass is 35.5. The zero-order valence-electron chi connectivity index (χ0n) is 21.7. The predicted octanol–water partition coefficient (Wildman–Crippen LogP) is 2.87. The molecule has 2 aliphatic heterocycles. The predicted molar refractivity (Wildman–Crippen MR) is 147 cm³/mol. The minimum Gasteiger partial charge on any atom is -0.469 e. The number of nitrogens with zero attached hydrogens (tertiary/aromatic N) is 2. The maximum atomic E-state index is 13.1. The zero-order valence-corrected chi connectivity index (χ0v) is 22.5. The highest BCUT2D eigenvalue weighted by Gasteiger charge is 2.40. The molecule has 2 aliphatic rings. The quantitative estimate of drug-likeness (QED) is 0.255. The van der Waals surface area contributed by atoms with Crippen LogP contribution in [0.5, 0.6) is 0 Å². The average molecular weight is 542 g/mol. The Hall–Kier alpha value is -3.59. The lowest BCUT2D eigenvalue weighted by Gasteiger charge is -2.31. The number of benzene rings is 2. The van der Waals surface area contributed by atoms with Gasteiger partial charge >= 0.3 is 12.0 Å². The number of amidine groups is 1. The molecule has 0 aliphatic carbocycles. The first-order valence-corrected chi connectivity index (χ1v) is 12.8. The minimum absolute atomic E-state index is 0. The number of esters is 1. The van der Waals surface area contributed by atoms with Gasteiger partial charge in [0.25, 0.3) is 0 Å². The average Bonchev–Trinajstić information content (AvgIpc) is 3.20. The van der Waals surface area contributed by atoms with Crippen molar-refractivity contribution in [2.45, 2.75) is 44.7 Å². The van der Waals surface area contributed by atoms with Crippen LogP contribution in [-0.4, -0.2) is 66.3 Å². The van der Waals surface area contributed by atoms with E-state index in [-0.39, 0.29) is 42.6 Å². The van der Waals surface area contributed by atoms with Crippen molar-refractivity contribution in [3.05, 3.63) is 70.8 Å². The SMILES string of the molecule is COC(=O)C[C@@H]1C[C@@H](CNC(=O)N2CCc3ccc(C(=N)N)cc3C2)N(CCCc2ccccc2)C1=O.Cl. The van der Waals surface area contributed by atoms with Gasteiger partial charge in [-0.25, -0.2) is 4.79 Å². The lowest BCUT2D eigenvalue weighted by atomic mass is 9.97. The molecule has 10 heteroatoms. The Morgan fingerprint density at radius 1 is 1.16 bits per heavy atom. The summed E-state index contributed by atoms with van der Waals surface area (Å²) in [6, 6.07) is 15.4. The standard InChI is InChI=1S/C28H35N5O4.ClH/c1-37-25(34)16-22-15-24(33(27(22)35)12-5-8-19-6-3-2-4-7-19)17-31-28(36)32-13-11-20-9-10-21(26(29)30)14-23(20)18-32;/h2-4,6-7,9-10,14,22,24H,5,8,11-13,15-18H2,1H3,(H3,29,30)(H,31,36);1H/t22-,24-;/m0./s1. The number of amides is 3. The normalized spacial score (nSPS) is 18.4. The van der Waals surface area contributed by atoms with Crippen LogP contribution in [0.4, 0.5) is 4.79 Å². The van der Waals surface area contributed by atoms with Crippen molar-refractivity contribution in [2.24, 2.45) is 11.7 Å². The molecule has 2 atom stereocenters. The smallest absolute Gasteiger partial charge is 0.317 e. The van der Waals surface area contributed by atoms with E-state index in [1.165, 1.54) is 12.7 Å². The number of aryl methyl sites for hydroxylation is 1. The number of nitrogens with two attached hydrogens (primary N) is 1. The number of hydrogen-bond donors (Lipinski definition) is 3. The summed E-state index contributed by atoms with van der Waals surface area (Å²) in [5, 5.41) is 10.7. The number of hydrogen-bond acceptors (Lipinski definition) is 5. The monoisotopic (exact) mass is 541 g/mol. The second-order valence-electron chi connectivity index (χ2n) is 9.74. The summed E-state index contributed by atoms with van der Waals surface area (Å²) in [6.45, 7) is 1.92. The summed E-state index contributed by atoms with van der Waals surface area (Å²) < 4.78 is 4.79. The van der Waals surface area contributed by atoms with Crippen LogP contribution in [0.15, 0.2) is 48.5 Å². The van der Waals surface area contributed by atoms with Crippen molar-refractivity contribution < 1.29 is 19.1 Å². The number of carbonyl (C=O) groups excluding carboxylic acids is 3. The van der Waals surface area contributed by atoms with E-state index in [0.717, 1.165) is 30.4 Å². The van der Waals surface area contributed by atoms with Crippen LogP contribution in [0, 0.1) is 11.3 Å². The Labute approximate surface area is 229 Å². The van der Waals surface area contributed by atoms with E-state index in [9.17, 15) is 14.4 Å². The number of halogens is 1. The summed E-state index contributed by atoms with van der Waals surface area (Å²) in [5.41, 5.74) is 9.64. The fourth-order valence-corrected chi connectivity index (χ4v) is 5.23. The molecule has 0 spiro atoms. The van der Waals surface area contributed by atoms with Gasteiger partial charge in [0.1, 0.15) is 5.84 Å². The second kappa shape index (κ2) is 13.3. The number of fused-ring (bicyclic) bond motifs is 1. The van der Waals surface area contributed by atoms with E-state index in [1.54, 1.807) is 4.90 Å². The largest absolute Gasteiger partial charge is 0.469 e. The van der Waals surface area contributed by atoms with Gasteiger partial charge in [-0.2, -0.15) is 0 Å². The van der Waals surface area contributed by atoms with Gasteiger partial charge in [-0.3, -0.25) is 15.0 Å². The van der Waals surface area contributed by atoms with E-state index in [1.807, 2.05) is 41.3 Å². The molecule has 4 N–H and O–H groups in total. The molecule has 0 saturated carbocycles. The van der Waals surface area contributed by atoms with Crippen LogP contribution in [0.2, 0.25) is 0 Å². The van der Waals surface area contributed by atoms with Crippen molar-refractivity contribution in [1.29, 1.82) is 5.41 Å². The molecule has 38 heavy (non-hydrogen) atoms. The Morgan fingerprint density at radius 2 is 1.92 bits per heavy atom. The van der Waals surface area contributed by atoms with Crippen LogP contribution in [0.3, 0.4) is 0 Å². The highest BCUT2D eigenvalue weighted by molar-refractivity contribution is 5.95. The zero-order chi connectivity index (χ0) is 26.4. The van der Waals surface area contributed by atoms with Crippen LogP contribution in [0.1, 0.15) is 41.5 Å². The van der Waals surface area contributed by atoms with E-state index in [0.29, 0.717) is 38.2 Å². The van der Waals surface area contributed by atoms with Crippen LogP contribution >= 0.6 is 12.4 Å². The van der Waals surface area contributed by atoms with Gasteiger partial charge < -0.3 is 25.6 Å². The molecule has 2 heterocycles. The Balaban J connectivity index is 0.00000400. The molecule has 204 valence electrons. The molecule has 1 fully saturated rings. The molecule has 0 bridgehead atoms. The molecule has 0 aromatic heterocycles. The van der Waals surface area contributed by atoms with Gasteiger partial charge in [-0.05, 0) is 48.4 Å². The third kappa shape index (κ3) is 7.04. The van der Waals surface area contributed by atoms with Crippen LogP contribution in [0.25, 0.3) is 0 Å². The number of urea groups is 1. The van der Waals surface area contributed by atoms with Crippen LogP contribution < -0.4 is 11.1 Å². The maximum Gasteiger partial charge on any atom is 0.317 e. The molecule has 3 amide bonds. The van der Waals surface area contributed by atoms with E-state index in [2.05, 4.69) is 17.4 Å². The molecule has 0 radical (unpaired) electrons. The van der Waals surface area contributed by atoms with E-state index >= 15 is 0 Å². The molecule has 1 saturated heterocycles.